The van der Waals surface area contributed by atoms with Crippen LogP contribution in [0, 0.1) is 0 Å². The molecule has 28 heavy (non-hydrogen) atoms. The smallest absolute Gasteiger partial charge is 0.238 e. The maximum absolute atomic E-state index is 12.4. The fourth-order valence-electron chi connectivity index (χ4n) is 2.17. The van der Waals surface area contributed by atoms with Gasteiger partial charge in [-0.25, -0.2) is 4.98 Å². The van der Waals surface area contributed by atoms with Gasteiger partial charge < -0.3 is 14.6 Å². The summed E-state index contributed by atoms with van der Waals surface area (Å²) in [6, 6.07) is 10.5. The number of pyridine rings is 1. The number of carbonyl (C=O) groups excluding carboxylic acids is 1. The predicted molar refractivity (Wildman–Crippen MR) is 110 cm³/mol. The molecular formula is C18H17Cl2N5O2S. The van der Waals surface area contributed by atoms with E-state index in [0.717, 1.165) is 0 Å². The van der Waals surface area contributed by atoms with E-state index in [1.54, 1.807) is 35.8 Å². The van der Waals surface area contributed by atoms with Gasteiger partial charge in [-0.3, -0.25) is 4.79 Å². The number of nitrogens with one attached hydrogen (secondary N) is 1. The number of para-hydroxylation sites is 1. The van der Waals surface area contributed by atoms with Gasteiger partial charge in [0, 0.05) is 13.2 Å². The van der Waals surface area contributed by atoms with Gasteiger partial charge in [-0.15, -0.1) is 10.2 Å². The molecule has 0 spiro atoms. The van der Waals surface area contributed by atoms with E-state index in [4.69, 9.17) is 27.9 Å². The Labute approximate surface area is 176 Å². The van der Waals surface area contributed by atoms with Crippen molar-refractivity contribution in [1.29, 1.82) is 0 Å². The Hall–Kier alpha value is -2.29. The number of hydrogen-bond acceptors (Lipinski definition) is 6. The summed E-state index contributed by atoms with van der Waals surface area (Å²) >= 11 is 13.2. The first-order valence-electron chi connectivity index (χ1n) is 8.28. The highest BCUT2D eigenvalue weighted by Gasteiger charge is 2.19. The normalized spacial score (nSPS) is 11.9. The van der Waals surface area contributed by atoms with Crippen LogP contribution in [0.3, 0.4) is 0 Å². The first kappa shape index (κ1) is 20.4. The summed E-state index contributed by atoms with van der Waals surface area (Å²) in [5.41, 5.74) is 0. The van der Waals surface area contributed by atoms with Crippen LogP contribution in [0.4, 0.5) is 5.82 Å². The molecule has 3 aromatic rings. The summed E-state index contributed by atoms with van der Waals surface area (Å²) in [5.74, 6) is 1.43. The molecule has 0 fully saturated rings. The first-order chi connectivity index (χ1) is 13.4. The van der Waals surface area contributed by atoms with Crippen LogP contribution in [0.15, 0.2) is 47.8 Å². The van der Waals surface area contributed by atoms with Crippen molar-refractivity contribution in [2.24, 2.45) is 7.05 Å². The van der Waals surface area contributed by atoms with Gasteiger partial charge >= 0.3 is 0 Å². The quantitative estimate of drug-likeness (QED) is 0.557. The molecule has 0 saturated carbocycles. The summed E-state index contributed by atoms with van der Waals surface area (Å²) in [7, 11) is 1.82. The number of hydrogen-bond donors (Lipinski definition) is 1. The van der Waals surface area contributed by atoms with Crippen LogP contribution >= 0.6 is 35.0 Å². The summed E-state index contributed by atoms with van der Waals surface area (Å²) in [6.45, 7) is 1.99. The van der Waals surface area contributed by atoms with Crippen LogP contribution in [0.5, 0.6) is 5.75 Å². The molecule has 0 radical (unpaired) electrons. The minimum atomic E-state index is -0.405. The maximum Gasteiger partial charge on any atom is 0.238 e. The number of aromatic nitrogens is 4. The molecule has 1 N–H and O–H groups in total. The molecule has 1 amide bonds. The first-order valence-corrected chi connectivity index (χ1v) is 9.92. The van der Waals surface area contributed by atoms with Crippen molar-refractivity contribution in [1.82, 2.24) is 19.7 Å². The van der Waals surface area contributed by atoms with E-state index in [-0.39, 0.29) is 12.5 Å². The van der Waals surface area contributed by atoms with Crippen molar-refractivity contribution in [3.8, 4) is 5.75 Å². The van der Waals surface area contributed by atoms with Gasteiger partial charge in [0.15, 0.2) is 11.0 Å². The number of ether oxygens (including phenoxy) is 1. The number of anilines is 1. The molecule has 2 heterocycles. The molecule has 0 aliphatic carbocycles. The van der Waals surface area contributed by atoms with Gasteiger partial charge in [-0.1, -0.05) is 47.1 Å². The Kier molecular flexibility index (Phi) is 6.77. The van der Waals surface area contributed by atoms with Gasteiger partial charge in [0.1, 0.15) is 18.2 Å². The largest absolute Gasteiger partial charge is 0.484 e. The van der Waals surface area contributed by atoms with Crippen LogP contribution in [-0.4, -0.2) is 30.9 Å². The standard InChI is InChI=1S/C18H17Cl2N5O2S/c1-11(17(26)22-15-8-7-12(19)9-21-15)28-18-24-23-16(25(18)2)10-27-14-6-4-3-5-13(14)20/h3-9,11H,10H2,1-2H3,(H,21,22,26)/t11-/m1/s1. The van der Waals surface area contributed by atoms with E-state index in [0.29, 0.717) is 32.6 Å². The molecular weight excluding hydrogens is 421 g/mol. The lowest BCUT2D eigenvalue weighted by Gasteiger charge is -2.11. The molecule has 1 atom stereocenters. The van der Waals surface area contributed by atoms with E-state index < -0.39 is 5.25 Å². The average Bonchev–Trinajstić information content (AvgIpc) is 3.02. The molecule has 1 aromatic carbocycles. The number of carbonyl (C=O) groups is 1. The molecule has 10 heteroatoms. The van der Waals surface area contributed by atoms with Crippen molar-refractivity contribution in [3.05, 3.63) is 58.5 Å². The summed E-state index contributed by atoms with van der Waals surface area (Å²) < 4.78 is 7.48. The predicted octanol–water partition coefficient (Wildman–Crippen LogP) is 4.22. The zero-order chi connectivity index (χ0) is 20.1. The second-order valence-corrected chi connectivity index (χ2v) is 7.94. The molecule has 146 valence electrons. The Bertz CT molecular complexity index is 965. The Balaban J connectivity index is 1.59. The maximum atomic E-state index is 12.4. The van der Waals surface area contributed by atoms with Gasteiger partial charge in [-0.05, 0) is 31.2 Å². The van der Waals surface area contributed by atoms with Gasteiger partial charge in [0.05, 0.1) is 15.3 Å². The second kappa shape index (κ2) is 9.27. The topological polar surface area (TPSA) is 81.9 Å². The van der Waals surface area contributed by atoms with Gasteiger partial charge in [0.2, 0.25) is 5.91 Å². The van der Waals surface area contributed by atoms with Crippen molar-refractivity contribution < 1.29 is 9.53 Å². The number of rotatable bonds is 7. The lowest BCUT2D eigenvalue weighted by atomic mass is 10.3. The third kappa shape index (κ3) is 5.15. The Morgan fingerprint density at radius 2 is 2.04 bits per heavy atom. The second-order valence-electron chi connectivity index (χ2n) is 5.79. The Morgan fingerprint density at radius 1 is 1.25 bits per heavy atom. The number of nitrogens with zero attached hydrogens (tertiary/aromatic N) is 4. The summed E-state index contributed by atoms with van der Waals surface area (Å²) in [6.07, 6.45) is 1.48. The van der Waals surface area contributed by atoms with E-state index in [1.807, 2.05) is 19.2 Å². The fourth-order valence-corrected chi connectivity index (χ4v) is 3.30. The number of benzene rings is 1. The number of amides is 1. The highest BCUT2D eigenvalue weighted by molar-refractivity contribution is 8.00. The molecule has 2 aromatic heterocycles. The Morgan fingerprint density at radius 3 is 2.75 bits per heavy atom. The fraction of sp³-hybridized carbons (Fsp3) is 0.222. The average molecular weight is 438 g/mol. The molecule has 0 aliphatic heterocycles. The van der Waals surface area contributed by atoms with Crippen LogP contribution in [0.25, 0.3) is 0 Å². The van der Waals surface area contributed by atoms with Crippen LogP contribution in [0.2, 0.25) is 10.0 Å². The molecule has 3 rings (SSSR count). The summed E-state index contributed by atoms with van der Waals surface area (Å²) in [4.78, 5) is 16.4. The van der Waals surface area contributed by atoms with E-state index in [9.17, 15) is 4.79 Å². The molecule has 0 aliphatic rings. The minimum Gasteiger partial charge on any atom is -0.484 e. The highest BCUT2D eigenvalue weighted by Crippen LogP contribution is 2.25. The van der Waals surface area contributed by atoms with Crippen molar-refractivity contribution in [3.63, 3.8) is 0 Å². The highest BCUT2D eigenvalue weighted by atomic mass is 35.5. The lowest BCUT2D eigenvalue weighted by Crippen LogP contribution is -2.23. The van der Waals surface area contributed by atoms with Crippen LogP contribution in [0.1, 0.15) is 12.7 Å². The summed E-state index contributed by atoms with van der Waals surface area (Å²) in [5, 5.41) is 12.2. The van der Waals surface area contributed by atoms with E-state index in [2.05, 4.69) is 20.5 Å². The minimum absolute atomic E-state index is 0.198. The monoisotopic (exact) mass is 437 g/mol. The SMILES string of the molecule is C[C@@H](Sc1nnc(COc2ccccc2Cl)n1C)C(=O)Nc1ccc(Cl)cn1. The lowest BCUT2D eigenvalue weighted by molar-refractivity contribution is -0.115. The number of thioether (sulfide) groups is 1. The van der Waals surface area contributed by atoms with Crippen LogP contribution in [-0.2, 0) is 18.4 Å². The van der Waals surface area contributed by atoms with Gasteiger partial charge in [-0.2, -0.15) is 0 Å². The van der Waals surface area contributed by atoms with Crippen molar-refractivity contribution in [2.75, 3.05) is 5.32 Å². The molecule has 0 unspecified atom stereocenters. The van der Waals surface area contributed by atoms with Gasteiger partial charge in [0.25, 0.3) is 0 Å². The third-order valence-corrected chi connectivity index (χ3v) is 5.42. The van der Waals surface area contributed by atoms with E-state index >= 15 is 0 Å². The van der Waals surface area contributed by atoms with Crippen molar-refractivity contribution >= 4 is 46.7 Å². The zero-order valence-corrected chi connectivity index (χ0v) is 17.4. The zero-order valence-electron chi connectivity index (χ0n) is 15.1. The van der Waals surface area contributed by atoms with Crippen LogP contribution < -0.4 is 10.1 Å². The van der Waals surface area contributed by atoms with E-state index in [1.165, 1.54) is 18.0 Å². The third-order valence-electron chi connectivity index (χ3n) is 3.75. The van der Waals surface area contributed by atoms with Crippen molar-refractivity contribution in [2.45, 2.75) is 23.9 Å². The molecule has 0 saturated heterocycles. The number of halogens is 2. The molecule has 7 nitrogen and oxygen atoms in total. The molecule has 0 bridgehead atoms.